The van der Waals surface area contributed by atoms with Crippen molar-refractivity contribution in [1.29, 1.82) is 0 Å². The summed E-state index contributed by atoms with van der Waals surface area (Å²) in [4.78, 5) is 53.2. The lowest BCUT2D eigenvalue weighted by atomic mass is 10.1. The van der Waals surface area contributed by atoms with Gasteiger partial charge in [0.2, 0.25) is 5.91 Å². The zero-order chi connectivity index (χ0) is 30.1. The highest BCUT2D eigenvalue weighted by Gasteiger charge is 2.32. The number of nitrogens with zero attached hydrogens (tertiary/aromatic N) is 1. The first-order valence-electron chi connectivity index (χ1n) is 12.6. The number of hydrogen-bond acceptors (Lipinski definition) is 6. The van der Waals surface area contributed by atoms with Crippen LogP contribution in [0.3, 0.4) is 0 Å². The summed E-state index contributed by atoms with van der Waals surface area (Å²) in [6.07, 6.45) is -1.65. The van der Waals surface area contributed by atoms with Gasteiger partial charge >= 0.3 is 12.2 Å². The minimum absolute atomic E-state index is 0.0279. The molecule has 0 aliphatic heterocycles. The summed E-state index contributed by atoms with van der Waals surface area (Å²) in [5.41, 5.74) is -0.164. The maximum absolute atomic E-state index is 13.9. The monoisotopic (exact) mass is 686 g/mol. The van der Waals surface area contributed by atoms with Crippen LogP contribution >= 0.6 is 34.2 Å². The van der Waals surface area contributed by atoms with Crippen molar-refractivity contribution in [3.8, 4) is 0 Å². The molecule has 0 bridgehead atoms. The van der Waals surface area contributed by atoms with E-state index in [4.69, 9.17) is 21.1 Å². The fourth-order valence-electron chi connectivity index (χ4n) is 3.38. The van der Waals surface area contributed by atoms with Crippen LogP contribution in [0.1, 0.15) is 47.1 Å². The van der Waals surface area contributed by atoms with Crippen LogP contribution in [0.5, 0.6) is 0 Å². The number of alkyl carbamates (subject to hydrolysis) is 2. The van der Waals surface area contributed by atoms with Gasteiger partial charge in [-0.05, 0) is 87.9 Å². The van der Waals surface area contributed by atoms with Gasteiger partial charge in [0.05, 0.1) is 12.2 Å². The number of rotatable bonds is 9. The first kappa shape index (κ1) is 33.1. The highest BCUT2D eigenvalue weighted by Crippen LogP contribution is 2.26. The van der Waals surface area contributed by atoms with Crippen molar-refractivity contribution in [2.75, 3.05) is 18.0 Å². The number of benzene rings is 2. The van der Waals surface area contributed by atoms with Crippen LogP contribution < -0.4 is 20.9 Å². The number of amides is 4. The van der Waals surface area contributed by atoms with Gasteiger partial charge in [-0.15, -0.1) is 0 Å². The summed E-state index contributed by atoms with van der Waals surface area (Å²) >= 11 is 8.14. The fourth-order valence-corrected chi connectivity index (χ4v) is 4.54. The van der Waals surface area contributed by atoms with Crippen LogP contribution in [0.2, 0.25) is 5.02 Å². The molecule has 40 heavy (non-hydrogen) atoms. The van der Waals surface area contributed by atoms with Gasteiger partial charge < -0.3 is 30.3 Å². The van der Waals surface area contributed by atoms with E-state index in [1.165, 1.54) is 4.90 Å². The van der Waals surface area contributed by atoms with Crippen molar-refractivity contribution in [3.63, 3.8) is 0 Å². The lowest BCUT2D eigenvalue weighted by Gasteiger charge is -2.30. The van der Waals surface area contributed by atoms with Gasteiger partial charge in [0, 0.05) is 14.1 Å². The maximum Gasteiger partial charge on any atom is 0.408 e. The number of ether oxygens (including phenoxy) is 2. The highest BCUT2D eigenvalue weighted by molar-refractivity contribution is 14.1. The van der Waals surface area contributed by atoms with E-state index in [2.05, 4.69) is 16.0 Å². The third-order valence-corrected chi connectivity index (χ3v) is 6.03. The molecular formula is C28H36ClIN4O6. The molecule has 0 saturated heterocycles. The summed E-state index contributed by atoms with van der Waals surface area (Å²) in [6.45, 7) is 9.86. The van der Waals surface area contributed by atoms with E-state index in [1.54, 1.807) is 51.1 Å². The smallest absolute Gasteiger partial charge is 0.408 e. The van der Waals surface area contributed by atoms with E-state index in [-0.39, 0.29) is 19.7 Å². The van der Waals surface area contributed by atoms with E-state index in [0.717, 1.165) is 5.56 Å². The van der Waals surface area contributed by atoms with Crippen molar-refractivity contribution >= 4 is 63.9 Å². The molecule has 12 heteroatoms. The molecule has 2 rings (SSSR count). The zero-order valence-electron chi connectivity index (χ0n) is 23.5. The van der Waals surface area contributed by atoms with Crippen molar-refractivity contribution in [2.24, 2.45) is 0 Å². The number of hydrogen-bond donors (Lipinski definition) is 3. The molecule has 0 saturated carbocycles. The van der Waals surface area contributed by atoms with Crippen LogP contribution in [0, 0.1) is 3.57 Å². The zero-order valence-corrected chi connectivity index (χ0v) is 26.4. The van der Waals surface area contributed by atoms with Gasteiger partial charge in [-0.25, -0.2) is 9.59 Å². The second kappa shape index (κ2) is 14.5. The Morgan fingerprint density at radius 3 is 2.20 bits per heavy atom. The average Bonchev–Trinajstić information content (AvgIpc) is 2.82. The quantitative estimate of drug-likeness (QED) is 0.319. The Kier molecular flexibility index (Phi) is 12.0. The Labute approximate surface area is 253 Å². The maximum atomic E-state index is 13.9. The van der Waals surface area contributed by atoms with E-state index in [0.29, 0.717) is 14.3 Å². The molecule has 0 spiro atoms. The van der Waals surface area contributed by atoms with Crippen molar-refractivity contribution < 1.29 is 28.7 Å². The summed E-state index contributed by atoms with van der Waals surface area (Å²) < 4.78 is 11.2. The van der Waals surface area contributed by atoms with Gasteiger partial charge in [-0.1, -0.05) is 41.9 Å². The van der Waals surface area contributed by atoms with Crippen molar-refractivity contribution in [1.82, 2.24) is 16.0 Å². The molecule has 0 fully saturated rings. The fraction of sp³-hybridized carbons (Fsp3) is 0.429. The van der Waals surface area contributed by atoms with Crippen LogP contribution in [-0.2, 0) is 25.7 Å². The molecule has 0 heterocycles. The Morgan fingerprint density at radius 2 is 1.62 bits per heavy atom. The molecule has 10 nitrogen and oxygen atoms in total. The summed E-state index contributed by atoms with van der Waals surface area (Å²) in [5, 5.41) is 8.33. The SMILES string of the molecule is CC(C)(C)NC(=O)CN(C(=O)[C@H](CNC(=O)OC(C)(C)C)NC(=O)OCc1ccccc1)c1ccc(Cl)cc1I. The van der Waals surface area contributed by atoms with E-state index < -0.39 is 41.2 Å². The Balaban J connectivity index is 2.34. The number of carbonyl (C=O) groups is 4. The van der Waals surface area contributed by atoms with Gasteiger partial charge in [-0.2, -0.15) is 0 Å². The van der Waals surface area contributed by atoms with Crippen LogP contribution in [0.4, 0.5) is 15.3 Å². The number of halogens is 2. The normalized spacial score (nSPS) is 12.1. The Morgan fingerprint density at radius 1 is 0.975 bits per heavy atom. The predicted molar refractivity (Wildman–Crippen MR) is 162 cm³/mol. The average molecular weight is 687 g/mol. The molecular weight excluding hydrogens is 651 g/mol. The molecule has 0 aliphatic carbocycles. The third-order valence-electron chi connectivity index (χ3n) is 4.94. The molecule has 0 radical (unpaired) electrons. The molecule has 1 atom stereocenters. The lowest BCUT2D eigenvalue weighted by Crippen LogP contribution is -2.56. The van der Waals surface area contributed by atoms with E-state index in [1.807, 2.05) is 61.6 Å². The second-order valence-electron chi connectivity index (χ2n) is 11.0. The first-order valence-corrected chi connectivity index (χ1v) is 14.0. The number of carbonyl (C=O) groups excluding carboxylic acids is 4. The highest BCUT2D eigenvalue weighted by atomic mass is 127. The number of nitrogens with one attached hydrogen (secondary N) is 3. The molecule has 2 aromatic rings. The third kappa shape index (κ3) is 12.0. The topological polar surface area (TPSA) is 126 Å². The Hall–Kier alpha value is -3.06. The standard InChI is InChI=1S/C28H36ClIN4O6/c1-27(2,3)33-23(35)16-34(22-13-12-19(29)14-20(22)30)24(36)21(15-31-25(37)40-28(4,5)6)32-26(38)39-17-18-10-8-7-9-11-18/h7-14,21H,15-17H2,1-6H3,(H,31,37)(H,32,38)(H,33,35)/t21-/m0/s1. The minimum Gasteiger partial charge on any atom is -0.445 e. The molecule has 3 N–H and O–H groups in total. The molecule has 4 amide bonds. The van der Waals surface area contributed by atoms with E-state index >= 15 is 0 Å². The minimum atomic E-state index is -1.30. The summed E-state index contributed by atoms with van der Waals surface area (Å²) in [6, 6.07) is 12.6. The largest absolute Gasteiger partial charge is 0.445 e. The number of anilines is 1. The van der Waals surface area contributed by atoms with Gasteiger partial charge in [0.25, 0.3) is 5.91 Å². The van der Waals surface area contributed by atoms with E-state index in [9.17, 15) is 19.2 Å². The lowest BCUT2D eigenvalue weighted by molar-refractivity contribution is -0.125. The molecule has 0 aromatic heterocycles. The van der Waals surface area contributed by atoms with Crippen molar-refractivity contribution in [2.45, 2.75) is 65.3 Å². The van der Waals surface area contributed by atoms with Crippen LogP contribution in [0.25, 0.3) is 0 Å². The summed E-state index contributed by atoms with van der Waals surface area (Å²) in [5.74, 6) is -1.07. The van der Waals surface area contributed by atoms with Crippen LogP contribution in [0.15, 0.2) is 48.5 Å². The predicted octanol–water partition coefficient (Wildman–Crippen LogP) is 5.01. The van der Waals surface area contributed by atoms with Gasteiger partial charge in [-0.3, -0.25) is 9.59 Å². The Bertz CT molecular complexity index is 1200. The molecule has 0 unspecified atom stereocenters. The molecule has 0 aliphatic rings. The van der Waals surface area contributed by atoms with Crippen molar-refractivity contribution in [3.05, 3.63) is 62.7 Å². The van der Waals surface area contributed by atoms with Gasteiger partial charge in [0.15, 0.2) is 0 Å². The molecule has 2 aromatic carbocycles. The van der Waals surface area contributed by atoms with Crippen LogP contribution in [-0.4, -0.2) is 54.3 Å². The second-order valence-corrected chi connectivity index (χ2v) is 12.6. The van der Waals surface area contributed by atoms with Gasteiger partial charge in [0.1, 0.15) is 24.8 Å². The molecule has 218 valence electrons. The first-order chi connectivity index (χ1) is 18.5. The summed E-state index contributed by atoms with van der Waals surface area (Å²) in [7, 11) is 0.